The van der Waals surface area contributed by atoms with E-state index in [1.807, 2.05) is 49.5 Å². The van der Waals surface area contributed by atoms with E-state index < -0.39 is 0 Å². The molecule has 0 fully saturated rings. The van der Waals surface area contributed by atoms with Gasteiger partial charge < -0.3 is 10.2 Å². The van der Waals surface area contributed by atoms with Crippen molar-refractivity contribution in [3.05, 3.63) is 48.4 Å². The first-order chi connectivity index (χ1) is 8.25. The monoisotopic (exact) mass is 228 g/mol. The van der Waals surface area contributed by atoms with E-state index in [0.717, 1.165) is 18.1 Å². The summed E-state index contributed by atoms with van der Waals surface area (Å²) in [5.74, 6) is 0.958. The van der Waals surface area contributed by atoms with E-state index in [1.54, 1.807) is 12.4 Å². The molecule has 1 N–H and O–H groups in total. The summed E-state index contributed by atoms with van der Waals surface area (Å²) in [5.41, 5.74) is 2.23. The van der Waals surface area contributed by atoms with Crippen molar-refractivity contribution in [1.29, 1.82) is 0 Å². The van der Waals surface area contributed by atoms with E-state index in [9.17, 15) is 0 Å². The average molecular weight is 228 g/mol. The molecule has 0 radical (unpaired) electrons. The lowest BCUT2D eigenvalue weighted by Crippen LogP contribution is -2.10. The molecule has 2 aromatic heterocycles. The average Bonchev–Trinajstić information content (AvgIpc) is 2.38. The van der Waals surface area contributed by atoms with Crippen LogP contribution in [0.3, 0.4) is 0 Å². The SMILES string of the molecule is CN(C)c1ccc(NCc2ccncc2)cn1. The van der Waals surface area contributed by atoms with Gasteiger partial charge in [0.1, 0.15) is 5.82 Å². The molecule has 0 spiro atoms. The zero-order valence-electron chi connectivity index (χ0n) is 10.1. The second kappa shape index (κ2) is 5.30. The van der Waals surface area contributed by atoms with Gasteiger partial charge in [0, 0.05) is 33.0 Å². The minimum absolute atomic E-state index is 0.783. The Balaban J connectivity index is 1.96. The molecule has 0 saturated carbocycles. The van der Waals surface area contributed by atoms with Gasteiger partial charge in [-0.05, 0) is 29.8 Å². The van der Waals surface area contributed by atoms with Crippen LogP contribution in [0, 0.1) is 0 Å². The summed E-state index contributed by atoms with van der Waals surface area (Å²) in [6.45, 7) is 0.783. The molecule has 0 bridgehead atoms. The number of rotatable bonds is 4. The molecule has 2 rings (SSSR count). The van der Waals surface area contributed by atoms with E-state index in [4.69, 9.17) is 0 Å². The number of nitrogens with zero attached hydrogens (tertiary/aromatic N) is 3. The van der Waals surface area contributed by atoms with Crippen LogP contribution in [0.5, 0.6) is 0 Å². The molecule has 88 valence electrons. The van der Waals surface area contributed by atoms with Crippen LogP contribution in [-0.2, 0) is 6.54 Å². The van der Waals surface area contributed by atoms with Gasteiger partial charge in [-0.15, -0.1) is 0 Å². The minimum atomic E-state index is 0.783. The highest BCUT2D eigenvalue weighted by Crippen LogP contribution is 2.12. The second-order valence-electron chi connectivity index (χ2n) is 4.01. The summed E-state index contributed by atoms with van der Waals surface area (Å²) in [4.78, 5) is 10.3. The number of hydrogen-bond donors (Lipinski definition) is 1. The summed E-state index contributed by atoms with van der Waals surface area (Å²) in [6.07, 6.45) is 5.44. The van der Waals surface area contributed by atoms with E-state index in [-0.39, 0.29) is 0 Å². The topological polar surface area (TPSA) is 41.0 Å². The smallest absolute Gasteiger partial charge is 0.128 e. The molecule has 0 aromatic carbocycles. The van der Waals surface area contributed by atoms with Gasteiger partial charge in [0.2, 0.25) is 0 Å². The van der Waals surface area contributed by atoms with Crippen molar-refractivity contribution >= 4 is 11.5 Å². The second-order valence-corrected chi connectivity index (χ2v) is 4.01. The Morgan fingerprint density at radius 2 is 1.88 bits per heavy atom. The van der Waals surface area contributed by atoms with Gasteiger partial charge in [-0.25, -0.2) is 4.98 Å². The fourth-order valence-corrected chi connectivity index (χ4v) is 1.46. The molecule has 17 heavy (non-hydrogen) atoms. The van der Waals surface area contributed by atoms with Crippen LogP contribution in [0.2, 0.25) is 0 Å². The first-order valence-corrected chi connectivity index (χ1v) is 5.52. The Morgan fingerprint density at radius 3 is 2.47 bits per heavy atom. The zero-order valence-corrected chi connectivity index (χ0v) is 10.1. The zero-order chi connectivity index (χ0) is 12.1. The van der Waals surface area contributed by atoms with Gasteiger partial charge in [-0.3, -0.25) is 4.98 Å². The third-order valence-corrected chi connectivity index (χ3v) is 2.45. The quantitative estimate of drug-likeness (QED) is 0.870. The maximum Gasteiger partial charge on any atom is 0.128 e. The molecule has 0 aliphatic carbocycles. The van der Waals surface area contributed by atoms with Gasteiger partial charge >= 0.3 is 0 Å². The third-order valence-electron chi connectivity index (χ3n) is 2.45. The molecule has 2 heterocycles. The van der Waals surface area contributed by atoms with Gasteiger partial charge in [0.05, 0.1) is 11.9 Å². The van der Waals surface area contributed by atoms with Crippen molar-refractivity contribution in [3.8, 4) is 0 Å². The predicted molar refractivity (Wildman–Crippen MR) is 70.1 cm³/mol. The van der Waals surface area contributed by atoms with Crippen LogP contribution in [0.1, 0.15) is 5.56 Å². The highest BCUT2D eigenvalue weighted by molar-refractivity contribution is 5.48. The number of aromatic nitrogens is 2. The fourth-order valence-electron chi connectivity index (χ4n) is 1.46. The maximum absolute atomic E-state index is 4.34. The number of anilines is 2. The molecule has 2 aromatic rings. The van der Waals surface area contributed by atoms with Gasteiger partial charge in [0.15, 0.2) is 0 Å². The summed E-state index contributed by atoms with van der Waals surface area (Å²) in [7, 11) is 3.96. The highest BCUT2D eigenvalue weighted by atomic mass is 15.1. The summed E-state index contributed by atoms with van der Waals surface area (Å²) in [6, 6.07) is 8.02. The van der Waals surface area contributed by atoms with E-state index in [0.29, 0.717) is 0 Å². The number of pyridine rings is 2. The largest absolute Gasteiger partial charge is 0.380 e. The van der Waals surface area contributed by atoms with Crippen molar-refractivity contribution in [2.24, 2.45) is 0 Å². The Labute approximate surface area is 101 Å². The standard InChI is InChI=1S/C13H16N4/c1-17(2)13-4-3-12(10-16-13)15-9-11-5-7-14-8-6-11/h3-8,10,15H,9H2,1-2H3. The number of hydrogen-bond acceptors (Lipinski definition) is 4. The molecular weight excluding hydrogens is 212 g/mol. The summed E-state index contributed by atoms with van der Waals surface area (Å²) >= 11 is 0. The van der Waals surface area contributed by atoms with Crippen molar-refractivity contribution in [2.45, 2.75) is 6.54 Å². The van der Waals surface area contributed by atoms with Gasteiger partial charge in [-0.1, -0.05) is 0 Å². The molecule has 0 aliphatic rings. The van der Waals surface area contributed by atoms with E-state index in [2.05, 4.69) is 15.3 Å². The van der Waals surface area contributed by atoms with E-state index in [1.165, 1.54) is 5.56 Å². The summed E-state index contributed by atoms with van der Waals surface area (Å²) < 4.78 is 0. The summed E-state index contributed by atoms with van der Waals surface area (Å²) in [5, 5.41) is 3.32. The molecule has 0 atom stereocenters. The van der Waals surface area contributed by atoms with Gasteiger partial charge in [0.25, 0.3) is 0 Å². The van der Waals surface area contributed by atoms with Crippen molar-refractivity contribution in [1.82, 2.24) is 9.97 Å². The van der Waals surface area contributed by atoms with Crippen molar-refractivity contribution in [3.63, 3.8) is 0 Å². The molecule has 4 heteroatoms. The Kier molecular flexibility index (Phi) is 3.55. The maximum atomic E-state index is 4.34. The predicted octanol–water partition coefficient (Wildman–Crippen LogP) is 2.15. The van der Waals surface area contributed by atoms with Crippen molar-refractivity contribution in [2.75, 3.05) is 24.3 Å². The Bertz CT molecular complexity index is 451. The normalized spacial score (nSPS) is 10.0. The fraction of sp³-hybridized carbons (Fsp3) is 0.231. The minimum Gasteiger partial charge on any atom is -0.380 e. The molecule has 0 aliphatic heterocycles. The van der Waals surface area contributed by atoms with E-state index >= 15 is 0 Å². The lowest BCUT2D eigenvalue weighted by Gasteiger charge is -2.12. The Hall–Kier alpha value is -2.10. The van der Waals surface area contributed by atoms with Crippen LogP contribution in [0.4, 0.5) is 11.5 Å². The molecular formula is C13H16N4. The first-order valence-electron chi connectivity index (χ1n) is 5.52. The van der Waals surface area contributed by atoms with Crippen LogP contribution < -0.4 is 10.2 Å². The van der Waals surface area contributed by atoms with Crippen LogP contribution in [-0.4, -0.2) is 24.1 Å². The third kappa shape index (κ3) is 3.17. The highest BCUT2D eigenvalue weighted by Gasteiger charge is 1.97. The number of nitrogens with one attached hydrogen (secondary N) is 1. The first kappa shape index (κ1) is 11.4. The molecule has 0 saturated heterocycles. The lowest BCUT2D eigenvalue weighted by atomic mass is 10.2. The van der Waals surface area contributed by atoms with Crippen LogP contribution in [0.25, 0.3) is 0 Å². The van der Waals surface area contributed by atoms with Crippen LogP contribution >= 0.6 is 0 Å². The van der Waals surface area contributed by atoms with Crippen LogP contribution in [0.15, 0.2) is 42.9 Å². The van der Waals surface area contributed by atoms with Crippen molar-refractivity contribution < 1.29 is 0 Å². The lowest BCUT2D eigenvalue weighted by molar-refractivity contribution is 1.06. The molecule has 4 nitrogen and oxygen atoms in total. The molecule has 0 amide bonds. The Morgan fingerprint density at radius 1 is 1.12 bits per heavy atom. The van der Waals surface area contributed by atoms with Gasteiger partial charge in [-0.2, -0.15) is 0 Å². The molecule has 0 unspecified atom stereocenters.